The molecule has 0 spiro atoms. The summed E-state index contributed by atoms with van der Waals surface area (Å²) in [5.41, 5.74) is 4.38. The van der Waals surface area contributed by atoms with E-state index in [-0.39, 0.29) is 17.2 Å². The van der Waals surface area contributed by atoms with E-state index in [0.717, 1.165) is 28.2 Å². The Kier molecular flexibility index (Phi) is 7.05. The number of carbonyl (C=O) groups is 1. The van der Waals surface area contributed by atoms with Gasteiger partial charge < -0.3 is 9.47 Å². The number of hydrogen-bond acceptors (Lipinski definition) is 4. The first kappa shape index (κ1) is 24.6. The first-order valence-corrected chi connectivity index (χ1v) is 13.0. The zero-order valence-electron chi connectivity index (χ0n) is 20.5. The number of sulfonamides is 1. The molecular formula is C27H30N4O3S. The largest absolute Gasteiger partial charge is 0.328 e. The van der Waals surface area contributed by atoms with Crippen molar-refractivity contribution >= 4 is 32.7 Å². The molecule has 0 aliphatic carbocycles. The monoisotopic (exact) mass is 490 g/mol. The molecule has 0 atom stereocenters. The molecule has 1 amide bonds. The van der Waals surface area contributed by atoms with Gasteiger partial charge in [0.15, 0.2) is 0 Å². The van der Waals surface area contributed by atoms with E-state index in [4.69, 9.17) is 4.98 Å². The summed E-state index contributed by atoms with van der Waals surface area (Å²) in [4.78, 5) is 19.8. The normalized spacial score (nSPS) is 11.8. The van der Waals surface area contributed by atoms with Gasteiger partial charge in [0, 0.05) is 46.1 Å². The van der Waals surface area contributed by atoms with E-state index in [1.54, 1.807) is 30.1 Å². The summed E-state index contributed by atoms with van der Waals surface area (Å²) in [5.74, 6) is 0.749. The average molecular weight is 491 g/mol. The van der Waals surface area contributed by atoms with Crippen LogP contribution in [0.5, 0.6) is 0 Å². The molecule has 35 heavy (non-hydrogen) atoms. The van der Waals surface area contributed by atoms with Crippen LogP contribution >= 0.6 is 0 Å². The molecule has 0 saturated carbocycles. The summed E-state index contributed by atoms with van der Waals surface area (Å²) in [6, 6.07) is 22.9. The molecule has 0 saturated heterocycles. The third-order valence-corrected chi connectivity index (χ3v) is 7.99. The number of aryl methyl sites for hydroxylation is 2. The van der Waals surface area contributed by atoms with Gasteiger partial charge in [-0.15, -0.1) is 0 Å². The molecule has 3 aromatic carbocycles. The number of carbonyl (C=O) groups excluding carboxylic acids is 1. The molecule has 0 N–H and O–H groups in total. The van der Waals surface area contributed by atoms with Gasteiger partial charge in [0.05, 0.1) is 21.6 Å². The van der Waals surface area contributed by atoms with Crippen molar-refractivity contribution in [3.05, 3.63) is 78.6 Å². The number of benzene rings is 3. The average Bonchev–Trinajstić information content (AvgIpc) is 3.23. The molecular weight excluding hydrogens is 460 g/mol. The van der Waals surface area contributed by atoms with Crippen LogP contribution in [0.1, 0.15) is 19.2 Å². The topological polar surface area (TPSA) is 75.5 Å². The van der Waals surface area contributed by atoms with Crippen molar-refractivity contribution in [1.29, 1.82) is 0 Å². The van der Waals surface area contributed by atoms with E-state index >= 15 is 0 Å². The highest BCUT2D eigenvalue weighted by atomic mass is 32.2. The van der Waals surface area contributed by atoms with Crippen molar-refractivity contribution in [3.8, 4) is 11.1 Å². The number of nitrogens with zero attached hydrogens (tertiary/aromatic N) is 4. The maximum atomic E-state index is 13.2. The first-order chi connectivity index (χ1) is 16.7. The van der Waals surface area contributed by atoms with Crippen molar-refractivity contribution in [2.45, 2.75) is 31.2 Å². The Morgan fingerprint density at radius 1 is 0.943 bits per heavy atom. The van der Waals surface area contributed by atoms with Gasteiger partial charge in [-0.25, -0.2) is 17.7 Å². The van der Waals surface area contributed by atoms with Gasteiger partial charge in [-0.3, -0.25) is 4.79 Å². The van der Waals surface area contributed by atoms with Gasteiger partial charge in [-0.2, -0.15) is 0 Å². The minimum atomic E-state index is -3.55. The second kappa shape index (κ2) is 10.0. The molecule has 8 heteroatoms. The number of rotatable bonds is 8. The summed E-state index contributed by atoms with van der Waals surface area (Å²) in [7, 11) is 1.26. The highest BCUT2D eigenvalue weighted by Crippen LogP contribution is 2.30. The molecule has 4 aromatic rings. The summed E-state index contributed by atoms with van der Waals surface area (Å²) in [6.07, 6.45) is 0.737. The number of imidazole rings is 1. The van der Waals surface area contributed by atoms with Crippen molar-refractivity contribution in [2.24, 2.45) is 0 Å². The van der Waals surface area contributed by atoms with Gasteiger partial charge in [0.1, 0.15) is 5.82 Å². The van der Waals surface area contributed by atoms with Crippen LogP contribution in [0.3, 0.4) is 0 Å². The molecule has 0 radical (unpaired) electrons. The second-order valence-electron chi connectivity index (χ2n) is 8.55. The fraction of sp³-hybridized carbons (Fsp3) is 0.259. The molecule has 4 rings (SSSR count). The minimum Gasteiger partial charge on any atom is -0.328 e. The minimum absolute atomic E-state index is 0.0148. The zero-order chi connectivity index (χ0) is 25.2. The Morgan fingerprint density at radius 2 is 1.63 bits per heavy atom. The summed E-state index contributed by atoms with van der Waals surface area (Å²) in [6.45, 7) is 2.69. The van der Waals surface area contributed by atoms with Gasteiger partial charge in [0.2, 0.25) is 15.9 Å². The van der Waals surface area contributed by atoms with Crippen LogP contribution in [0.15, 0.2) is 77.7 Å². The number of hydrogen-bond donors (Lipinski definition) is 0. The third kappa shape index (κ3) is 4.85. The summed E-state index contributed by atoms with van der Waals surface area (Å²) >= 11 is 0. The molecule has 0 bridgehead atoms. The van der Waals surface area contributed by atoms with Gasteiger partial charge in [-0.1, -0.05) is 48.5 Å². The number of aromatic nitrogens is 2. The van der Waals surface area contributed by atoms with E-state index in [1.165, 1.54) is 18.4 Å². The Morgan fingerprint density at radius 3 is 2.31 bits per heavy atom. The maximum absolute atomic E-state index is 13.2. The number of fused-ring (bicyclic) bond motifs is 1. The van der Waals surface area contributed by atoms with Crippen LogP contribution in [-0.2, 0) is 27.8 Å². The van der Waals surface area contributed by atoms with Crippen LogP contribution in [0.25, 0.3) is 22.2 Å². The van der Waals surface area contributed by atoms with Crippen molar-refractivity contribution in [1.82, 2.24) is 13.9 Å². The number of para-hydroxylation sites is 1. The summed E-state index contributed by atoms with van der Waals surface area (Å²) in [5, 5.41) is 0. The Hall–Kier alpha value is -3.49. The van der Waals surface area contributed by atoms with Gasteiger partial charge in [-0.05, 0) is 36.8 Å². The third-order valence-electron chi connectivity index (χ3n) is 6.18. The lowest BCUT2D eigenvalue weighted by Crippen LogP contribution is -2.27. The van der Waals surface area contributed by atoms with E-state index in [9.17, 15) is 13.2 Å². The Balaban J connectivity index is 1.57. The van der Waals surface area contributed by atoms with E-state index < -0.39 is 10.0 Å². The second-order valence-corrected chi connectivity index (χ2v) is 10.7. The number of amides is 1. The molecule has 1 aromatic heterocycles. The molecule has 182 valence electrons. The fourth-order valence-corrected chi connectivity index (χ4v) is 5.15. The van der Waals surface area contributed by atoms with Crippen molar-refractivity contribution < 1.29 is 13.2 Å². The number of anilines is 1. The molecule has 0 aliphatic heterocycles. The van der Waals surface area contributed by atoms with E-state index in [1.807, 2.05) is 66.1 Å². The van der Waals surface area contributed by atoms with E-state index in [2.05, 4.69) is 0 Å². The van der Waals surface area contributed by atoms with Crippen molar-refractivity contribution in [3.63, 3.8) is 0 Å². The lowest BCUT2D eigenvalue weighted by atomic mass is 10.0. The van der Waals surface area contributed by atoms with Crippen molar-refractivity contribution in [2.75, 3.05) is 26.0 Å². The molecule has 0 unspecified atom stereocenters. The first-order valence-electron chi connectivity index (χ1n) is 11.6. The standard InChI is InChI=1S/C27H30N4O3S/c1-5-31-25-16-15-21(35(33,34)29(2)3)19-23(25)28-26(31)17-18-27(32)30(4)24-14-10-9-13-22(24)20-11-7-6-8-12-20/h6-16,19H,5,17-18H2,1-4H3. The fourth-order valence-electron chi connectivity index (χ4n) is 4.22. The van der Waals surface area contributed by atoms with Crippen LogP contribution in [0.2, 0.25) is 0 Å². The van der Waals surface area contributed by atoms with Crippen LogP contribution < -0.4 is 4.90 Å². The molecule has 1 heterocycles. The lowest BCUT2D eigenvalue weighted by Gasteiger charge is -2.21. The molecule has 7 nitrogen and oxygen atoms in total. The van der Waals surface area contributed by atoms with Gasteiger partial charge in [0.25, 0.3) is 0 Å². The predicted molar refractivity (Wildman–Crippen MR) is 140 cm³/mol. The SMILES string of the molecule is CCn1c(CCC(=O)N(C)c2ccccc2-c2ccccc2)nc2cc(S(=O)(=O)N(C)C)ccc21. The Bertz CT molecular complexity index is 1460. The zero-order valence-corrected chi connectivity index (χ0v) is 21.3. The smallest absolute Gasteiger partial charge is 0.242 e. The maximum Gasteiger partial charge on any atom is 0.242 e. The van der Waals surface area contributed by atoms with E-state index in [0.29, 0.717) is 18.5 Å². The highest BCUT2D eigenvalue weighted by Gasteiger charge is 2.21. The summed E-state index contributed by atoms with van der Waals surface area (Å²) < 4.78 is 28.3. The molecule has 0 aliphatic rings. The van der Waals surface area contributed by atoms with Crippen LogP contribution in [-0.4, -0.2) is 49.3 Å². The lowest BCUT2D eigenvalue weighted by molar-refractivity contribution is -0.118. The predicted octanol–water partition coefficient (Wildman–Crippen LogP) is 4.57. The highest BCUT2D eigenvalue weighted by molar-refractivity contribution is 7.89. The quantitative estimate of drug-likeness (QED) is 0.363. The van der Waals surface area contributed by atoms with Crippen LogP contribution in [0.4, 0.5) is 5.69 Å². The Labute approximate surface area is 206 Å². The van der Waals surface area contributed by atoms with Crippen LogP contribution in [0, 0.1) is 0 Å². The van der Waals surface area contributed by atoms with Gasteiger partial charge >= 0.3 is 0 Å². The molecule has 0 fully saturated rings.